The number of unbranched alkanes of at least 4 members (excludes halogenated alkanes) is 1. The minimum atomic E-state index is -0.786. The highest BCUT2D eigenvalue weighted by Gasteiger charge is 2.59. The average molecular weight is 394 g/mol. The van der Waals surface area contributed by atoms with Gasteiger partial charge in [0.25, 0.3) is 5.91 Å². The number of imide groups is 1. The van der Waals surface area contributed by atoms with Crippen molar-refractivity contribution in [2.24, 2.45) is 5.92 Å². The van der Waals surface area contributed by atoms with Crippen LogP contribution in [0.5, 0.6) is 5.75 Å². The number of likely N-dealkylation sites (tertiary alicyclic amines) is 1. The number of benzene rings is 2. The first kappa shape index (κ1) is 19.5. The molecule has 0 spiro atoms. The summed E-state index contributed by atoms with van der Waals surface area (Å²) < 4.78 is 5.27. The number of hydrogen-bond donors (Lipinski definition) is 0. The number of amides is 2. The summed E-state index contributed by atoms with van der Waals surface area (Å²) in [7, 11) is 1.62. The number of hydroxylamine groups is 1. The Hall–Kier alpha value is -2.86. The van der Waals surface area contributed by atoms with Crippen LogP contribution in [0.25, 0.3) is 0 Å². The lowest BCUT2D eigenvalue weighted by Gasteiger charge is -2.29. The largest absolute Gasteiger partial charge is 0.497 e. The second-order valence-corrected chi connectivity index (χ2v) is 7.56. The van der Waals surface area contributed by atoms with E-state index in [1.807, 2.05) is 62.4 Å². The number of carbonyl (C=O) groups is 2. The first-order valence-corrected chi connectivity index (χ1v) is 10.1. The van der Waals surface area contributed by atoms with Crippen LogP contribution in [-0.2, 0) is 14.4 Å². The SMILES string of the molecule is CCCCN1C(=O)[C@H]2[C@@H](ON(c3ccccc3C)[C@H]2c2ccc(OC)cc2)C1=O. The molecule has 0 aromatic heterocycles. The van der Waals surface area contributed by atoms with Gasteiger partial charge in [-0.05, 0) is 42.7 Å². The van der Waals surface area contributed by atoms with E-state index in [1.54, 1.807) is 12.2 Å². The molecule has 6 heteroatoms. The second kappa shape index (κ2) is 7.87. The van der Waals surface area contributed by atoms with E-state index in [-0.39, 0.29) is 17.9 Å². The van der Waals surface area contributed by atoms with Gasteiger partial charge in [0.05, 0.1) is 18.8 Å². The molecule has 2 aliphatic heterocycles. The van der Waals surface area contributed by atoms with E-state index in [0.717, 1.165) is 35.4 Å². The zero-order chi connectivity index (χ0) is 20.5. The Morgan fingerprint density at radius 3 is 2.41 bits per heavy atom. The summed E-state index contributed by atoms with van der Waals surface area (Å²) in [6.07, 6.45) is 0.932. The molecular weight excluding hydrogens is 368 g/mol. The van der Waals surface area contributed by atoms with Crippen LogP contribution in [0.1, 0.15) is 36.9 Å². The lowest BCUT2D eigenvalue weighted by molar-refractivity contribution is -0.143. The van der Waals surface area contributed by atoms with Crippen LogP contribution < -0.4 is 9.80 Å². The summed E-state index contributed by atoms with van der Waals surface area (Å²) in [6.45, 7) is 4.49. The number of hydrogen-bond acceptors (Lipinski definition) is 5. The van der Waals surface area contributed by atoms with Crippen molar-refractivity contribution in [1.82, 2.24) is 4.90 Å². The summed E-state index contributed by atoms with van der Waals surface area (Å²) in [5.74, 6) is -0.203. The highest BCUT2D eigenvalue weighted by Crippen LogP contribution is 2.47. The van der Waals surface area contributed by atoms with Gasteiger partial charge < -0.3 is 4.74 Å². The zero-order valence-corrected chi connectivity index (χ0v) is 17.0. The van der Waals surface area contributed by atoms with Crippen molar-refractivity contribution in [1.29, 1.82) is 0 Å². The van der Waals surface area contributed by atoms with Gasteiger partial charge in [0.1, 0.15) is 11.7 Å². The van der Waals surface area contributed by atoms with E-state index in [9.17, 15) is 9.59 Å². The number of para-hydroxylation sites is 1. The summed E-state index contributed by atoms with van der Waals surface area (Å²) in [5.41, 5.74) is 2.80. The number of carbonyl (C=O) groups excluding carboxylic acids is 2. The van der Waals surface area contributed by atoms with E-state index in [1.165, 1.54) is 4.90 Å². The third-order valence-corrected chi connectivity index (χ3v) is 5.75. The van der Waals surface area contributed by atoms with E-state index in [2.05, 4.69) is 0 Å². The molecule has 0 bridgehead atoms. The molecule has 0 unspecified atom stereocenters. The quantitative estimate of drug-likeness (QED) is 0.700. The van der Waals surface area contributed by atoms with Crippen molar-refractivity contribution in [2.45, 2.75) is 38.8 Å². The summed E-state index contributed by atoms with van der Waals surface area (Å²) in [5, 5.41) is 1.75. The zero-order valence-electron chi connectivity index (χ0n) is 17.0. The molecular formula is C23H26N2O4. The Kier molecular flexibility index (Phi) is 5.28. The maximum absolute atomic E-state index is 13.2. The number of nitrogens with zero attached hydrogens (tertiary/aromatic N) is 2. The topological polar surface area (TPSA) is 59.1 Å². The van der Waals surface area contributed by atoms with Gasteiger partial charge in [-0.3, -0.25) is 19.3 Å². The molecule has 6 nitrogen and oxygen atoms in total. The van der Waals surface area contributed by atoms with E-state index < -0.39 is 12.0 Å². The van der Waals surface area contributed by atoms with Crippen molar-refractivity contribution in [3.63, 3.8) is 0 Å². The van der Waals surface area contributed by atoms with Crippen LogP contribution in [0.4, 0.5) is 5.69 Å². The molecule has 2 fully saturated rings. The van der Waals surface area contributed by atoms with Gasteiger partial charge in [-0.1, -0.05) is 43.7 Å². The van der Waals surface area contributed by atoms with Crippen molar-refractivity contribution < 1.29 is 19.2 Å². The molecule has 3 atom stereocenters. The number of anilines is 1. The first-order chi connectivity index (χ1) is 14.1. The Bertz CT molecular complexity index is 911. The molecule has 2 aromatic carbocycles. The van der Waals surface area contributed by atoms with E-state index >= 15 is 0 Å². The molecule has 2 aromatic rings. The van der Waals surface area contributed by atoms with Gasteiger partial charge in [0, 0.05) is 6.54 Å². The van der Waals surface area contributed by atoms with Crippen LogP contribution in [0.15, 0.2) is 48.5 Å². The Morgan fingerprint density at radius 2 is 1.76 bits per heavy atom. The fourth-order valence-electron chi connectivity index (χ4n) is 4.17. The van der Waals surface area contributed by atoms with Crippen molar-refractivity contribution >= 4 is 17.5 Å². The fourth-order valence-corrected chi connectivity index (χ4v) is 4.17. The lowest BCUT2D eigenvalue weighted by Crippen LogP contribution is -2.38. The number of ether oxygens (including phenoxy) is 1. The minimum absolute atomic E-state index is 0.148. The third kappa shape index (κ3) is 3.27. The van der Waals surface area contributed by atoms with Crippen LogP contribution in [0, 0.1) is 12.8 Å². The summed E-state index contributed by atoms with van der Waals surface area (Å²) in [4.78, 5) is 33.8. The molecule has 0 aliphatic carbocycles. The van der Waals surface area contributed by atoms with Crippen LogP contribution in [0.2, 0.25) is 0 Å². The molecule has 2 saturated heterocycles. The predicted octanol–water partition coefficient (Wildman–Crippen LogP) is 3.65. The van der Waals surface area contributed by atoms with Gasteiger partial charge in [-0.15, -0.1) is 0 Å². The maximum Gasteiger partial charge on any atom is 0.261 e. The van der Waals surface area contributed by atoms with Gasteiger partial charge in [-0.2, -0.15) is 0 Å². The fraction of sp³-hybridized carbons (Fsp3) is 0.391. The van der Waals surface area contributed by atoms with Crippen molar-refractivity contribution in [3.05, 3.63) is 59.7 Å². The Labute approximate surface area is 171 Å². The first-order valence-electron chi connectivity index (χ1n) is 10.1. The highest BCUT2D eigenvalue weighted by molar-refractivity contribution is 6.07. The number of rotatable bonds is 6. The Morgan fingerprint density at radius 1 is 1.03 bits per heavy atom. The average Bonchev–Trinajstić information content (AvgIpc) is 3.23. The third-order valence-electron chi connectivity index (χ3n) is 5.75. The molecule has 4 rings (SSSR count). The summed E-state index contributed by atoms with van der Waals surface area (Å²) >= 11 is 0. The van der Waals surface area contributed by atoms with E-state index in [0.29, 0.717) is 6.54 Å². The second-order valence-electron chi connectivity index (χ2n) is 7.56. The number of aryl methyl sites for hydroxylation is 1. The lowest BCUT2D eigenvalue weighted by atomic mass is 9.90. The number of methoxy groups -OCH3 is 1. The van der Waals surface area contributed by atoms with Crippen LogP contribution in [-0.4, -0.2) is 36.5 Å². The molecule has 2 aliphatic rings. The standard InChI is InChI=1S/C23H26N2O4/c1-4-5-14-24-22(26)19-20(16-10-12-17(28-3)13-11-16)25(29-21(19)23(24)27)18-9-7-6-8-15(18)2/h6-13,19-21H,4-5,14H2,1-3H3/t19-,20+,21-/m1/s1. The van der Waals surface area contributed by atoms with Gasteiger partial charge in [0.2, 0.25) is 5.91 Å². The molecule has 152 valence electrons. The molecule has 0 radical (unpaired) electrons. The van der Waals surface area contributed by atoms with Gasteiger partial charge in [0.15, 0.2) is 6.10 Å². The van der Waals surface area contributed by atoms with Crippen LogP contribution in [0.3, 0.4) is 0 Å². The summed E-state index contributed by atoms with van der Waals surface area (Å²) in [6, 6.07) is 15.1. The van der Waals surface area contributed by atoms with Gasteiger partial charge >= 0.3 is 0 Å². The molecule has 29 heavy (non-hydrogen) atoms. The van der Waals surface area contributed by atoms with Crippen LogP contribution >= 0.6 is 0 Å². The molecule has 0 saturated carbocycles. The Balaban J connectivity index is 1.75. The predicted molar refractivity (Wildman–Crippen MR) is 109 cm³/mol. The smallest absolute Gasteiger partial charge is 0.261 e. The number of fused-ring (bicyclic) bond motifs is 1. The molecule has 2 amide bonds. The minimum Gasteiger partial charge on any atom is -0.497 e. The van der Waals surface area contributed by atoms with Gasteiger partial charge in [-0.25, -0.2) is 5.06 Å². The monoisotopic (exact) mass is 394 g/mol. The van der Waals surface area contributed by atoms with Crippen molar-refractivity contribution in [3.8, 4) is 5.75 Å². The van der Waals surface area contributed by atoms with Crippen molar-refractivity contribution in [2.75, 3.05) is 18.7 Å². The normalized spacial score (nSPS) is 23.6. The van der Waals surface area contributed by atoms with E-state index in [4.69, 9.17) is 9.57 Å². The highest BCUT2D eigenvalue weighted by atomic mass is 16.7. The molecule has 2 heterocycles. The molecule has 0 N–H and O–H groups in total. The maximum atomic E-state index is 13.2.